The van der Waals surface area contributed by atoms with Crippen LogP contribution in [0, 0.1) is 6.92 Å². The molecule has 0 atom stereocenters. The maximum absolute atomic E-state index is 12.0. The highest BCUT2D eigenvalue weighted by molar-refractivity contribution is 5.88. The van der Waals surface area contributed by atoms with Crippen LogP contribution in [-0.2, 0) is 0 Å². The first-order valence-corrected chi connectivity index (χ1v) is 6.04. The van der Waals surface area contributed by atoms with Crippen molar-refractivity contribution in [1.29, 1.82) is 0 Å². The Hall–Kier alpha value is -1.62. The molecule has 0 aliphatic carbocycles. The minimum Gasteiger partial charge on any atom is -0.389 e. The molecule has 5 heteroatoms. The predicted octanol–water partition coefficient (Wildman–Crippen LogP) is 2.01. The van der Waals surface area contributed by atoms with Crippen LogP contribution in [-0.4, -0.2) is 39.7 Å². The molecule has 1 heterocycles. The number of aliphatic hydroxyl groups is 1. The highest BCUT2D eigenvalue weighted by Gasteiger charge is 2.21. The van der Waals surface area contributed by atoms with Gasteiger partial charge in [-0.15, -0.1) is 0 Å². The van der Waals surface area contributed by atoms with Crippen molar-refractivity contribution >= 4 is 11.8 Å². The summed E-state index contributed by atoms with van der Waals surface area (Å²) in [4.78, 5) is 17.7. The van der Waals surface area contributed by atoms with Gasteiger partial charge < -0.3 is 10.0 Å². The van der Waals surface area contributed by atoms with Crippen LogP contribution < -0.4 is 5.32 Å². The number of aryl methyl sites for hydroxylation is 1. The predicted molar refractivity (Wildman–Crippen MR) is 71.5 cm³/mol. The van der Waals surface area contributed by atoms with Crippen LogP contribution in [0.5, 0.6) is 0 Å². The number of rotatable bonds is 4. The average molecular weight is 251 g/mol. The van der Waals surface area contributed by atoms with E-state index in [0.717, 1.165) is 5.69 Å². The van der Waals surface area contributed by atoms with Gasteiger partial charge in [0.05, 0.1) is 12.1 Å². The van der Waals surface area contributed by atoms with Gasteiger partial charge in [0.15, 0.2) is 0 Å². The largest absolute Gasteiger partial charge is 0.389 e. The van der Waals surface area contributed by atoms with E-state index in [-0.39, 0.29) is 12.6 Å². The Kier molecular flexibility index (Phi) is 4.67. The van der Waals surface area contributed by atoms with Gasteiger partial charge in [0.25, 0.3) is 0 Å². The molecule has 1 rings (SSSR count). The zero-order chi connectivity index (χ0) is 13.8. The van der Waals surface area contributed by atoms with E-state index in [1.165, 1.54) is 0 Å². The second kappa shape index (κ2) is 5.82. The molecule has 18 heavy (non-hydrogen) atoms. The maximum atomic E-state index is 12.0. The van der Waals surface area contributed by atoms with E-state index in [9.17, 15) is 9.90 Å². The zero-order valence-electron chi connectivity index (χ0n) is 11.4. The van der Waals surface area contributed by atoms with Crippen molar-refractivity contribution in [3.63, 3.8) is 0 Å². The van der Waals surface area contributed by atoms with Crippen LogP contribution in [0.15, 0.2) is 18.2 Å². The number of likely N-dealkylation sites (N-methyl/N-ethyl adjacent to an activating group) is 1. The number of nitrogens with one attached hydrogen (secondary N) is 1. The van der Waals surface area contributed by atoms with E-state index in [1.807, 2.05) is 26.0 Å². The normalized spacial score (nSPS) is 11.2. The first kappa shape index (κ1) is 14.4. The molecule has 0 radical (unpaired) electrons. The van der Waals surface area contributed by atoms with Crippen molar-refractivity contribution < 1.29 is 9.90 Å². The van der Waals surface area contributed by atoms with Gasteiger partial charge in [0.1, 0.15) is 5.82 Å². The highest BCUT2D eigenvalue weighted by Crippen LogP contribution is 2.08. The smallest absolute Gasteiger partial charge is 0.323 e. The third kappa shape index (κ3) is 4.71. The lowest BCUT2D eigenvalue weighted by atomic mass is 10.1. The third-order valence-corrected chi connectivity index (χ3v) is 2.37. The van der Waals surface area contributed by atoms with Gasteiger partial charge in [0.2, 0.25) is 0 Å². The summed E-state index contributed by atoms with van der Waals surface area (Å²) >= 11 is 0. The maximum Gasteiger partial charge on any atom is 0.323 e. The SMILES string of the molecule is CCN(CC(C)(C)O)C(=O)Nc1cccc(C)n1. The van der Waals surface area contributed by atoms with E-state index < -0.39 is 5.60 Å². The first-order valence-electron chi connectivity index (χ1n) is 6.04. The fraction of sp³-hybridized carbons (Fsp3) is 0.538. The number of hydrogen-bond acceptors (Lipinski definition) is 3. The number of pyridine rings is 1. The summed E-state index contributed by atoms with van der Waals surface area (Å²) in [7, 11) is 0. The molecule has 0 saturated carbocycles. The molecule has 1 aromatic heterocycles. The minimum absolute atomic E-state index is 0.252. The molecule has 100 valence electrons. The third-order valence-electron chi connectivity index (χ3n) is 2.37. The van der Waals surface area contributed by atoms with Gasteiger partial charge >= 0.3 is 6.03 Å². The van der Waals surface area contributed by atoms with Crippen molar-refractivity contribution in [2.24, 2.45) is 0 Å². The van der Waals surface area contributed by atoms with Crippen LogP contribution in [0.2, 0.25) is 0 Å². The molecule has 0 saturated heterocycles. The molecule has 1 aromatic rings. The molecule has 5 nitrogen and oxygen atoms in total. The van der Waals surface area contributed by atoms with Gasteiger partial charge in [0, 0.05) is 12.2 Å². The van der Waals surface area contributed by atoms with Gasteiger partial charge in [-0.3, -0.25) is 5.32 Å². The molecular weight excluding hydrogens is 230 g/mol. The average Bonchev–Trinajstić information content (AvgIpc) is 2.24. The number of urea groups is 1. The Morgan fingerprint density at radius 3 is 2.67 bits per heavy atom. The van der Waals surface area contributed by atoms with Crippen molar-refractivity contribution in [3.05, 3.63) is 23.9 Å². The summed E-state index contributed by atoms with van der Waals surface area (Å²) < 4.78 is 0. The lowest BCUT2D eigenvalue weighted by Crippen LogP contribution is -2.44. The van der Waals surface area contributed by atoms with Gasteiger partial charge in [-0.25, -0.2) is 9.78 Å². The number of amides is 2. The number of anilines is 1. The fourth-order valence-corrected chi connectivity index (χ4v) is 1.60. The van der Waals surface area contributed by atoms with Crippen LogP contribution >= 0.6 is 0 Å². The van der Waals surface area contributed by atoms with Crippen molar-refractivity contribution in [1.82, 2.24) is 9.88 Å². The van der Waals surface area contributed by atoms with Gasteiger partial charge in [-0.1, -0.05) is 6.07 Å². The van der Waals surface area contributed by atoms with E-state index in [1.54, 1.807) is 24.8 Å². The van der Waals surface area contributed by atoms with Crippen molar-refractivity contribution in [2.75, 3.05) is 18.4 Å². The second-order valence-corrected chi connectivity index (χ2v) is 4.92. The summed E-state index contributed by atoms with van der Waals surface area (Å²) in [6.45, 7) is 7.89. The van der Waals surface area contributed by atoms with Crippen LogP contribution in [0.1, 0.15) is 26.5 Å². The summed E-state index contributed by atoms with van der Waals surface area (Å²) in [5, 5.41) is 12.5. The van der Waals surface area contributed by atoms with E-state index >= 15 is 0 Å². The van der Waals surface area contributed by atoms with E-state index in [0.29, 0.717) is 12.4 Å². The molecule has 0 aliphatic rings. The molecule has 0 bridgehead atoms. The number of nitrogens with zero attached hydrogens (tertiary/aromatic N) is 2. The number of aromatic nitrogens is 1. The highest BCUT2D eigenvalue weighted by atomic mass is 16.3. The van der Waals surface area contributed by atoms with Crippen LogP contribution in [0.4, 0.5) is 10.6 Å². The lowest BCUT2D eigenvalue weighted by molar-refractivity contribution is 0.0501. The van der Waals surface area contributed by atoms with Gasteiger partial charge in [-0.05, 0) is 39.8 Å². The minimum atomic E-state index is -0.909. The summed E-state index contributed by atoms with van der Waals surface area (Å²) in [6, 6.07) is 5.19. The summed E-state index contributed by atoms with van der Waals surface area (Å²) in [5.41, 5.74) is -0.0637. The molecule has 0 aromatic carbocycles. The summed E-state index contributed by atoms with van der Waals surface area (Å²) in [5.74, 6) is 0.522. The number of carbonyl (C=O) groups is 1. The Balaban J connectivity index is 2.68. The lowest BCUT2D eigenvalue weighted by Gasteiger charge is -2.28. The fourth-order valence-electron chi connectivity index (χ4n) is 1.60. The monoisotopic (exact) mass is 251 g/mol. The van der Waals surface area contributed by atoms with E-state index in [2.05, 4.69) is 10.3 Å². The van der Waals surface area contributed by atoms with Crippen LogP contribution in [0.3, 0.4) is 0 Å². The standard InChI is InChI=1S/C13H21N3O2/c1-5-16(9-13(3,4)18)12(17)15-11-8-6-7-10(2)14-11/h6-8,18H,5,9H2,1-4H3,(H,14,15,17). The van der Waals surface area contributed by atoms with Crippen LogP contribution in [0.25, 0.3) is 0 Å². The second-order valence-electron chi connectivity index (χ2n) is 4.92. The molecule has 0 spiro atoms. The molecule has 0 fully saturated rings. The number of carbonyl (C=O) groups excluding carboxylic acids is 1. The van der Waals surface area contributed by atoms with Crippen molar-refractivity contribution in [2.45, 2.75) is 33.3 Å². The quantitative estimate of drug-likeness (QED) is 0.860. The molecule has 2 N–H and O–H groups in total. The zero-order valence-corrected chi connectivity index (χ0v) is 11.4. The first-order chi connectivity index (χ1) is 8.31. The van der Waals surface area contributed by atoms with Crippen molar-refractivity contribution in [3.8, 4) is 0 Å². The Morgan fingerprint density at radius 1 is 1.50 bits per heavy atom. The molecular formula is C13H21N3O2. The topological polar surface area (TPSA) is 65.5 Å². The molecule has 0 unspecified atom stereocenters. The number of hydrogen-bond donors (Lipinski definition) is 2. The Morgan fingerprint density at radius 2 is 2.17 bits per heavy atom. The van der Waals surface area contributed by atoms with E-state index in [4.69, 9.17) is 0 Å². The summed E-state index contributed by atoms with van der Waals surface area (Å²) in [6.07, 6.45) is 0. The molecule has 2 amide bonds. The van der Waals surface area contributed by atoms with Gasteiger partial charge in [-0.2, -0.15) is 0 Å². The Labute approximate surface area is 108 Å². The molecule has 0 aliphatic heterocycles. The Bertz CT molecular complexity index is 413.